The van der Waals surface area contributed by atoms with Crippen molar-refractivity contribution < 1.29 is 12.4 Å². The Balaban J connectivity index is -0.000000180. The van der Waals surface area contributed by atoms with Crippen LogP contribution in [0, 0.1) is 0 Å². The van der Waals surface area contributed by atoms with Crippen LogP contribution in [-0.4, -0.2) is 35.0 Å². The molecule has 2 N–H and O–H groups in total. The van der Waals surface area contributed by atoms with Crippen LogP contribution >= 0.6 is 57.2 Å². The van der Waals surface area contributed by atoms with Gasteiger partial charge < -0.3 is 5.48 Å². The van der Waals surface area contributed by atoms with E-state index in [9.17, 15) is 0 Å². The summed E-state index contributed by atoms with van der Waals surface area (Å²) < 4.78 is 0. The van der Waals surface area contributed by atoms with Gasteiger partial charge in [0.25, 0.3) is 0 Å². The third kappa shape index (κ3) is 88.1. The van der Waals surface area contributed by atoms with Crippen molar-refractivity contribution in [3.63, 3.8) is 0 Å². The average molecular weight is 361 g/mol. The van der Waals surface area contributed by atoms with Gasteiger partial charge in [0, 0.05) is 0 Å². The predicted octanol–water partition coefficient (Wildman–Crippen LogP) is 2.66. The van der Waals surface area contributed by atoms with Crippen LogP contribution in [0.25, 0.3) is 0 Å². The van der Waals surface area contributed by atoms with E-state index in [-0.39, 0.29) is 35.0 Å². The molecule has 0 fully saturated rings. The van der Waals surface area contributed by atoms with Crippen LogP contribution in [0.15, 0.2) is 0 Å². The quantitative estimate of drug-likeness (QED) is 0.595. The Morgan fingerprint density at radius 1 is 0.667 bits per heavy atom. The molecule has 0 radical (unpaired) electrons. The third-order valence-corrected chi connectivity index (χ3v) is 0. The van der Waals surface area contributed by atoms with Gasteiger partial charge in [0.1, 0.15) is 0 Å². The molecule has 1 nitrogen and oxygen atoms in total. The summed E-state index contributed by atoms with van der Waals surface area (Å²) in [6.07, 6.45) is 0. The molecule has 0 amide bonds. The Labute approximate surface area is 97.2 Å². The molecule has 9 heteroatoms. The summed E-state index contributed by atoms with van der Waals surface area (Å²) in [5, 5.41) is 0. The first-order valence-electron chi connectivity index (χ1n) is 0.717. The number of hydrogen-bond acceptors (Lipinski definition) is 0. The van der Waals surface area contributed by atoms with E-state index in [1.165, 1.54) is 0 Å². The molecule has 0 unspecified atom stereocenters. The zero-order valence-electron chi connectivity index (χ0n) is 3.08. The molecule has 0 spiro atoms. The van der Waals surface area contributed by atoms with Crippen molar-refractivity contribution in [3.8, 4) is 0 Å². The first-order valence-corrected chi connectivity index (χ1v) is 12.7. The van der Waals surface area contributed by atoms with Crippen LogP contribution in [0.1, 0.15) is 0 Å². The first kappa shape index (κ1) is 18.2. The molecule has 0 aromatic heterocycles. The van der Waals surface area contributed by atoms with Crippen LogP contribution in [0.5, 0.6) is 0 Å². The Kier molecular flexibility index (Phi) is 7.32. The Morgan fingerprint density at radius 2 is 0.667 bits per heavy atom. The Morgan fingerprint density at radius 3 is 0.667 bits per heavy atom. The Bertz CT molecular complexity index is 71.6. The van der Waals surface area contributed by atoms with Gasteiger partial charge in [0.15, 0.2) is 0 Å². The minimum atomic E-state index is -5.08. The molecule has 0 heterocycles. The summed E-state index contributed by atoms with van der Waals surface area (Å²) in [7, 11) is 30.2. The zero-order chi connectivity index (χ0) is 6.41. The van der Waals surface area contributed by atoms with Gasteiger partial charge in [-0.05, 0) is 0 Å². The summed E-state index contributed by atoms with van der Waals surface area (Å²) in [6, 6.07) is 0. The fourth-order valence-electron chi connectivity index (χ4n) is 0. The van der Waals surface area contributed by atoms with Gasteiger partial charge in [-0.3, -0.25) is 0 Å². The van der Waals surface area contributed by atoms with E-state index < -0.39 is 6.97 Å². The van der Waals surface area contributed by atoms with E-state index in [2.05, 4.69) is 0 Å². The van der Waals surface area contributed by atoms with Gasteiger partial charge >= 0.3 is 93.7 Å². The molecule has 0 aromatic rings. The van der Waals surface area contributed by atoms with E-state index in [0.29, 0.717) is 0 Å². The molecule has 0 aliphatic rings. The molecule has 62 valence electrons. The van der Waals surface area contributed by atoms with E-state index in [4.69, 9.17) is 57.2 Å². The summed E-state index contributed by atoms with van der Waals surface area (Å²) >= 11 is 0. The summed E-state index contributed by atoms with van der Waals surface area (Å²) in [4.78, 5) is 0. The van der Waals surface area contributed by atoms with Crippen LogP contribution in [0.2, 0.25) is 0 Å². The van der Waals surface area contributed by atoms with E-state index in [0.717, 1.165) is 0 Å². The second-order valence-electron chi connectivity index (χ2n) is 0.678. The van der Waals surface area contributed by atoms with Crippen molar-refractivity contribution >= 4 is 86.7 Å². The zero-order valence-corrected chi connectivity index (χ0v) is 9.17. The van der Waals surface area contributed by atoms with Crippen molar-refractivity contribution in [1.82, 2.24) is 0 Å². The average Bonchev–Trinajstić information content (AvgIpc) is 0.592. The summed E-state index contributed by atoms with van der Waals surface area (Å²) in [5.74, 6) is 0. The topological polar surface area (TPSA) is 31.5 Å². The first-order chi connectivity index (χ1) is 2.45. The molecule has 0 bridgehead atoms. The molecular weight excluding hydrogens is 358 g/mol. The predicted molar refractivity (Wildman–Crippen MR) is 45.9 cm³/mol. The van der Waals surface area contributed by atoms with Crippen LogP contribution in [0.4, 0.5) is 0 Å². The standard InChI is InChI=1S/6ClH.Na.H2O.Pd.H/h6*1H;;1H2;;/q;;;;;;;;+6;/p-6. The van der Waals surface area contributed by atoms with Gasteiger partial charge in [0.05, 0.1) is 0 Å². The van der Waals surface area contributed by atoms with E-state index in [1.807, 2.05) is 0 Å². The van der Waals surface area contributed by atoms with Gasteiger partial charge in [0.2, 0.25) is 0 Å². The van der Waals surface area contributed by atoms with Crippen LogP contribution < -0.4 is 0 Å². The van der Waals surface area contributed by atoms with Crippen molar-refractivity contribution in [2.45, 2.75) is 0 Å². The molecule has 0 aliphatic heterocycles. The van der Waals surface area contributed by atoms with Gasteiger partial charge in [-0.2, -0.15) is 0 Å². The maximum absolute atomic E-state index is 5.08. The van der Waals surface area contributed by atoms with Crippen molar-refractivity contribution in [1.29, 1.82) is 0 Å². The molecule has 0 saturated carbocycles. The maximum atomic E-state index is 5.03. The van der Waals surface area contributed by atoms with Crippen molar-refractivity contribution in [3.05, 3.63) is 0 Å². The second-order valence-corrected chi connectivity index (χ2v) is 36.1. The summed E-state index contributed by atoms with van der Waals surface area (Å²) in [6.45, 7) is -5.08. The number of rotatable bonds is 0. The van der Waals surface area contributed by atoms with Gasteiger partial charge in [-0.25, -0.2) is 0 Å². The molecule has 9 heavy (non-hydrogen) atoms. The number of hydrogen-bond donors (Lipinski definition) is 0. The SMILES string of the molecule is O.[Cl][Pd]([Cl])([Cl])([Cl])([Cl])[Cl].[NaH]. The minimum absolute atomic E-state index is 0. The van der Waals surface area contributed by atoms with Crippen LogP contribution in [0.3, 0.4) is 0 Å². The van der Waals surface area contributed by atoms with Gasteiger partial charge in [-0.1, -0.05) is 0 Å². The molecular formula is H3Cl6NaOPd. The molecule has 0 aliphatic carbocycles. The summed E-state index contributed by atoms with van der Waals surface area (Å²) in [5.41, 5.74) is 0. The van der Waals surface area contributed by atoms with Gasteiger partial charge in [-0.15, -0.1) is 0 Å². The van der Waals surface area contributed by atoms with Crippen LogP contribution in [-0.2, 0) is 6.97 Å². The molecule has 0 rings (SSSR count). The monoisotopic (exact) mass is 358 g/mol. The third-order valence-electron chi connectivity index (χ3n) is 0. The molecule has 0 saturated heterocycles. The molecule has 0 aromatic carbocycles. The van der Waals surface area contributed by atoms with E-state index >= 15 is 0 Å². The Hall–Kier alpha value is 3.36. The number of halogens is 6. The second kappa shape index (κ2) is 3.62. The van der Waals surface area contributed by atoms with E-state index in [1.54, 1.807) is 0 Å². The van der Waals surface area contributed by atoms with Crippen molar-refractivity contribution in [2.75, 3.05) is 0 Å². The fourth-order valence-corrected chi connectivity index (χ4v) is 0. The normalized spacial score (nSPS) is 18.0. The van der Waals surface area contributed by atoms with Crippen molar-refractivity contribution in [2.24, 2.45) is 0 Å². The molecule has 0 atom stereocenters. The fraction of sp³-hybridized carbons (Fsp3) is 0.